The highest BCUT2D eigenvalue weighted by Crippen LogP contribution is 2.37. The van der Waals surface area contributed by atoms with Crippen molar-refractivity contribution in [2.75, 3.05) is 6.61 Å². The molecule has 1 aromatic heterocycles. The summed E-state index contributed by atoms with van der Waals surface area (Å²) in [5.74, 6) is -3.81. The number of ether oxygens (including phenoxy) is 5. The molecule has 0 amide bonds. The molecule has 3 aromatic carbocycles. The van der Waals surface area contributed by atoms with Crippen LogP contribution in [0.2, 0.25) is 0 Å². The van der Waals surface area contributed by atoms with E-state index in [0.717, 1.165) is 18.2 Å². The van der Waals surface area contributed by atoms with Crippen LogP contribution in [0, 0.1) is 0 Å². The summed E-state index contributed by atoms with van der Waals surface area (Å²) in [4.78, 5) is 25.4. The summed E-state index contributed by atoms with van der Waals surface area (Å²) in [5, 5.41) is 103. The third-order valence-corrected chi connectivity index (χ3v) is 8.85. The number of aromatic hydroxyl groups is 5. The minimum absolute atomic E-state index is 0.0879. The van der Waals surface area contributed by atoms with Gasteiger partial charge in [-0.1, -0.05) is 6.07 Å². The van der Waals surface area contributed by atoms with Crippen LogP contribution < -0.4 is 10.2 Å². The van der Waals surface area contributed by atoms with Crippen LogP contribution in [-0.2, 0) is 23.7 Å². The molecule has 3 heterocycles. The van der Waals surface area contributed by atoms with Gasteiger partial charge in [0.2, 0.25) is 17.5 Å². The van der Waals surface area contributed by atoms with Crippen LogP contribution in [0.3, 0.4) is 0 Å². The maximum atomic E-state index is 13.0. The summed E-state index contributed by atoms with van der Waals surface area (Å²) < 4.78 is 33.9. The van der Waals surface area contributed by atoms with Gasteiger partial charge in [0.1, 0.15) is 71.4 Å². The lowest BCUT2D eigenvalue weighted by Gasteiger charge is -2.45. The number of phenols is 4. The van der Waals surface area contributed by atoms with Crippen LogP contribution in [0.5, 0.6) is 34.5 Å². The van der Waals surface area contributed by atoms with E-state index in [4.69, 9.17) is 28.1 Å². The summed E-state index contributed by atoms with van der Waals surface area (Å²) in [5.41, 5.74) is -0.687. The average Bonchev–Trinajstić information content (AvgIpc) is 3.14. The van der Waals surface area contributed by atoms with Crippen molar-refractivity contribution >= 4 is 23.0 Å². The first kappa shape index (κ1) is 38.3. The molecule has 0 aliphatic carbocycles. The van der Waals surface area contributed by atoms with Gasteiger partial charge in [-0.3, -0.25) is 4.79 Å². The van der Waals surface area contributed by atoms with Gasteiger partial charge >= 0.3 is 5.97 Å². The number of carbonyl (C=O) groups excluding carboxylic acids is 1. The van der Waals surface area contributed by atoms with Crippen LogP contribution >= 0.6 is 0 Å². The van der Waals surface area contributed by atoms with Gasteiger partial charge in [0, 0.05) is 23.8 Å². The van der Waals surface area contributed by atoms with Gasteiger partial charge in [-0.05, 0) is 55.0 Å². The first-order valence-electron chi connectivity index (χ1n) is 16.3. The van der Waals surface area contributed by atoms with E-state index in [1.165, 1.54) is 55.5 Å². The maximum Gasteiger partial charge on any atom is 0.330 e. The predicted octanol–water partition coefficient (Wildman–Crippen LogP) is 0.283. The van der Waals surface area contributed by atoms with Gasteiger partial charge < -0.3 is 79.2 Å². The lowest BCUT2D eigenvalue weighted by atomic mass is 9.97. The van der Waals surface area contributed by atoms with E-state index in [2.05, 4.69) is 0 Å². The molecule has 2 aliphatic rings. The number of rotatable bonds is 9. The van der Waals surface area contributed by atoms with Gasteiger partial charge in [-0.15, -0.1) is 0 Å². The molecular weight excluding hydrogens is 720 g/mol. The molecule has 0 bridgehead atoms. The summed E-state index contributed by atoms with van der Waals surface area (Å²) in [6, 6.07) is 11.3. The van der Waals surface area contributed by atoms with E-state index in [1.807, 2.05) is 0 Å². The molecule has 10 N–H and O–H groups in total. The second-order valence-electron chi connectivity index (χ2n) is 12.6. The van der Waals surface area contributed by atoms with E-state index in [0.29, 0.717) is 5.56 Å². The first-order chi connectivity index (χ1) is 25.6. The number of phenolic OH excluding ortho intramolecular Hbond substituents is 4. The van der Waals surface area contributed by atoms with Crippen LogP contribution in [0.1, 0.15) is 12.5 Å². The van der Waals surface area contributed by atoms with E-state index in [9.17, 15) is 60.7 Å². The molecular formula is C36H36O18. The highest BCUT2D eigenvalue weighted by molar-refractivity contribution is 5.88. The van der Waals surface area contributed by atoms with E-state index in [-0.39, 0.29) is 34.2 Å². The molecule has 0 unspecified atom stereocenters. The van der Waals surface area contributed by atoms with E-state index < -0.39 is 102 Å². The van der Waals surface area contributed by atoms with Crippen molar-refractivity contribution in [3.05, 3.63) is 76.5 Å². The van der Waals surface area contributed by atoms with E-state index >= 15 is 0 Å². The Kier molecular flexibility index (Phi) is 11.0. The zero-order valence-corrected chi connectivity index (χ0v) is 28.1. The number of aliphatic hydroxyl groups excluding tert-OH is 5. The van der Waals surface area contributed by atoms with Crippen LogP contribution in [-0.4, -0.2) is 125 Å². The average molecular weight is 757 g/mol. The lowest BCUT2D eigenvalue weighted by Crippen LogP contribution is -2.64. The zero-order chi connectivity index (χ0) is 39.0. The molecule has 2 aliphatic heterocycles. The summed E-state index contributed by atoms with van der Waals surface area (Å²) in [6.45, 7) is 0.737. The zero-order valence-electron chi connectivity index (χ0n) is 28.1. The molecule has 288 valence electrons. The molecule has 6 rings (SSSR count). The molecule has 0 saturated carbocycles. The fraction of sp³-hybridized carbons (Fsp3) is 0.333. The largest absolute Gasteiger partial charge is 0.508 e. The Morgan fingerprint density at radius 3 is 2.20 bits per heavy atom. The summed E-state index contributed by atoms with van der Waals surface area (Å²) in [7, 11) is 0. The minimum atomic E-state index is -1.96. The Morgan fingerprint density at radius 1 is 0.778 bits per heavy atom. The van der Waals surface area contributed by atoms with Gasteiger partial charge in [0.25, 0.3) is 0 Å². The molecule has 10 atom stereocenters. The molecule has 18 heteroatoms. The highest BCUT2D eigenvalue weighted by atomic mass is 16.8. The van der Waals surface area contributed by atoms with Gasteiger partial charge in [0.05, 0.1) is 6.10 Å². The number of carbonyl (C=O) groups is 1. The fourth-order valence-electron chi connectivity index (χ4n) is 5.86. The quantitative estimate of drug-likeness (QED) is 0.0623. The predicted molar refractivity (Wildman–Crippen MR) is 181 cm³/mol. The summed E-state index contributed by atoms with van der Waals surface area (Å²) >= 11 is 0. The van der Waals surface area contributed by atoms with Gasteiger partial charge in [-0.25, -0.2) is 4.79 Å². The Hall–Kier alpha value is -5.44. The van der Waals surface area contributed by atoms with Crippen molar-refractivity contribution in [3.63, 3.8) is 0 Å². The van der Waals surface area contributed by atoms with Crippen LogP contribution in [0.15, 0.2) is 69.9 Å². The second kappa shape index (κ2) is 15.5. The smallest absolute Gasteiger partial charge is 0.330 e. The van der Waals surface area contributed by atoms with Crippen LogP contribution in [0.4, 0.5) is 0 Å². The van der Waals surface area contributed by atoms with Crippen molar-refractivity contribution in [3.8, 4) is 45.8 Å². The molecule has 0 spiro atoms. The molecule has 2 fully saturated rings. The number of esters is 1. The molecule has 18 nitrogen and oxygen atoms in total. The Balaban J connectivity index is 1.21. The third kappa shape index (κ3) is 7.77. The SMILES string of the molecule is C[C@@H]1O[C@@H](Oc2cc(O)c3c(=O)c(O)c(-c4ccc(O)cc4)oc3c2)[C@H](O[C@@H]2O[C@H](COC(=O)C=Cc3ccc(O)c(O)c3)[C@@H](O)[C@H](O)[C@H]2O)[C@H](O)[C@H]1O. The summed E-state index contributed by atoms with van der Waals surface area (Å²) in [6.07, 6.45) is -14.6. The van der Waals surface area contributed by atoms with Crippen LogP contribution in [0.25, 0.3) is 28.4 Å². The van der Waals surface area contributed by atoms with Gasteiger partial charge in [0.15, 0.2) is 29.7 Å². The Bertz CT molecular complexity index is 2080. The number of hydrogen-bond donors (Lipinski definition) is 10. The fourth-order valence-corrected chi connectivity index (χ4v) is 5.86. The topological polar surface area (TPSA) is 296 Å². The molecule has 2 saturated heterocycles. The number of benzene rings is 3. The van der Waals surface area contributed by atoms with Crippen molar-refractivity contribution in [2.45, 2.75) is 68.3 Å². The number of hydrogen-bond acceptors (Lipinski definition) is 18. The molecule has 0 radical (unpaired) electrons. The third-order valence-electron chi connectivity index (χ3n) is 8.85. The van der Waals surface area contributed by atoms with E-state index in [1.54, 1.807) is 0 Å². The standard InChI is InChI=1S/C36H36O18/c1-14-26(42)30(46)34(54-35-32(48)29(45)27(43)23(53-35)13-49-24(41)9-3-15-2-8-19(38)20(39)10-15)36(50-14)51-18-11-21(40)25-22(12-18)52-33(31(47)28(25)44)16-4-6-17(37)7-5-16/h2-12,14,23,26-27,29-30,32,34-40,42-43,45-48H,13H2,1H3/t14-,23+,26-,27+,29-,30+,32+,34+,35-,36-/m0/s1. The minimum Gasteiger partial charge on any atom is -0.508 e. The maximum absolute atomic E-state index is 13.0. The Morgan fingerprint density at radius 2 is 1.50 bits per heavy atom. The molecule has 4 aromatic rings. The molecule has 54 heavy (non-hydrogen) atoms. The highest BCUT2D eigenvalue weighted by Gasteiger charge is 2.51. The lowest BCUT2D eigenvalue weighted by molar-refractivity contribution is -0.355. The number of aliphatic hydroxyl groups is 5. The van der Waals surface area contributed by atoms with Crippen molar-refractivity contribution in [1.29, 1.82) is 0 Å². The second-order valence-corrected chi connectivity index (χ2v) is 12.6. The van der Waals surface area contributed by atoms with Crippen molar-refractivity contribution in [2.24, 2.45) is 0 Å². The first-order valence-corrected chi connectivity index (χ1v) is 16.3. The van der Waals surface area contributed by atoms with Gasteiger partial charge in [-0.2, -0.15) is 0 Å². The van der Waals surface area contributed by atoms with Crippen molar-refractivity contribution < 1.29 is 84.0 Å². The Labute approximate surface area is 304 Å². The monoisotopic (exact) mass is 756 g/mol. The number of fused-ring (bicyclic) bond motifs is 1. The normalized spacial score (nSPS) is 28.6. The van der Waals surface area contributed by atoms with Crippen molar-refractivity contribution in [1.82, 2.24) is 0 Å².